The summed E-state index contributed by atoms with van der Waals surface area (Å²) in [4.78, 5) is 8.90. The molecule has 1 atom stereocenters. The number of halogens is 3. The van der Waals surface area contributed by atoms with Gasteiger partial charge in [0, 0.05) is 6.04 Å². The van der Waals surface area contributed by atoms with Gasteiger partial charge in [-0.1, -0.05) is 0 Å². The highest BCUT2D eigenvalue weighted by molar-refractivity contribution is 5.73. The Bertz CT molecular complexity index is 218. The first kappa shape index (κ1) is 14.2. The second kappa shape index (κ2) is 4.80. The van der Waals surface area contributed by atoms with Crippen molar-refractivity contribution >= 4 is 5.97 Å². The van der Waals surface area contributed by atoms with Crippen LogP contribution in [0.15, 0.2) is 0 Å². The topological polar surface area (TPSA) is 69.6 Å². The minimum absolute atomic E-state index is 0.336. The lowest BCUT2D eigenvalue weighted by molar-refractivity contribution is -0.192. The Hall–Kier alpha value is -0.820. The molecule has 1 rings (SSSR count). The van der Waals surface area contributed by atoms with Gasteiger partial charge in [0.25, 0.3) is 0 Å². The third-order valence-electron chi connectivity index (χ3n) is 1.92. The maximum Gasteiger partial charge on any atom is 0.490 e. The molecule has 4 nitrogen and oxygen atoms in total. The third-order valence-corrected chi connectivity index (χ3v) is 1.92. The fourth-order valence-corrected chi connectivity index (χ4v) is 0.892. The van der Waals surface area contributed by atoms with Crippen molar-refractivity contribution in [2.45, 2.75) is 38.1 Å². The number of nitrogens with one attached hydrogen (secondary N) is 1. The molecule has 0 saturated carbocycles. The van der Waals surface area contributed by atoms with Gasteiger partial charge in [0.05, 0.1) is 5.60 Å². The molecule has 0 aromatic heterocycles. The molecule has 1 fully saturated rings. The largest absolute Gasteiger partial charge is 0.490 e. The molecule has 0 radical (unpaired) electrons. The van der Waals surface area contributed by atoms with Crippen LogP contribution in [0, 0.1) is 0 Å². The van der Waals surface area contributed by atoms with Crippen molar-refractivity contribution in [1.29, 1.82) is 0 Å². The highest BCUT2D eigenvalue weighted by atomic mass is 19.4. The van der Waals surface area contributed by atoms with Crippen LogP contribution in [-0.2, 0) is 4.79 Å². The average Bonchev–Trinajstić information content (AvgIpc) is 1.76. The Morgan fingerprint density at radius 3 is 1.73 bits per heavy atom. The number of carboxylic acid groups (broad SMARTS) is 1. The minimum Gasteiger partial charge on any atom is -0.475 e. The van der Waals surface area contributed by atoms with E-state index in [2.05, 4.69) is 5.32 Å². The summed E-state index contributed by atoms with van der Waals surface area (Å²) in [7, 11) is 0. The zero-order valence-electron chi connectivity index (χ0n) is 8.43. The Morgan fingerprint density at radius 1 is 1.40 bits per heavy atom. The molecule has 0 amide bonds. The SMILES string of the molecule is CC(C)(O)C1CCN1.O=C(O)C(F)(F)F. The molecule has 3 N–H and O–H groups in total. The van der Waals surface area contributed by atoms with Crippen LogP contribution in [-0.4, -0.2) is 40.5 Å². The van der Waals surface area contributed by atoms with Gasteiger partial charge in [0.2, 0.25) is 0 Å². The first-order chi connectivity index (χ1) is 6.55. The molecule has 1 aliphatic heterocycles. The molecule has 0 aromatic carbocycles. The zero-order valence-corrected chi connectivity index (χ0v) is 8.43. The summed E-state index contributed by atoms with van der Waals surface area (Å²) in [5.74, 6) is -2.76. The lowest BCUT2D eigenvalue weighted by Crippen LogP contribution is -2.55. The number of rotatable bonds is 1. The Balaban J connectivity index is 0.000000265. The van der Waals surface area contributed by atoms with Crippen molar-refractivity contribution in [3.8, 4) is 0 Å². The normalized spacial score (nSPS) is 21.1. The summed E-state index contributed by atoms with van der Waals surface area (Å²) < 4.78 is 31.7. The maximum atomic E-state index is 10.6. The Labute approximate surface area is 85.1 Å². The van der Waals surface area contributed by atoms with Gasteiger partial charge >= 0.3 is 12.1 Å². The number of aliphatic carboxylic acids is 1. The van der Waals surface area contributed by atoms with Crippen LogP contribution in [0.5, 0.6) is 0 Å². The van der Waals surface area contributed by atoms with Crippen LogP contribution in [0.1, 0.15) is 20.3 Å². The van der Waals surface area contributed by atoms with Gasteiger partial charge in [-0.05, 0) is 26.8 Å². The standard InChI is InChI=1S/C6H13NO.C2HF3O2/c1-6(2,8)5-3-4-7-5;3-2(4,5)1(6)7/h5,7-8H,3-4H2,1-2H3;(H,6,7). The number of hydrogen-bond acceptors (Lipinski definition) is 3. The molecule has 90 valence electrons. The van der Waals surface area contributed by atoms with E-state index in [0.29, 0.717) is 6.04 Å². The minimum atomic E-state index is -5.08. The highest BCUT2D eigenvalue weighted by Gasteiger charge is 2.38. The first-order valence-corrected chi connectivity index (χ1v) is 4.31. The van der Waals surface area contributed by atoms with Crippen molar-refractivity contribution in [2.24, 2.45) is 0 Å². The number of carbonyl (C=O) groups is 1. The van der Waals surface area contributed by atoms with E-state index in [1.165, 1.54) is 0 Å². The van der Waals surface area contributed by atoms with Gasteiger partial charge in [-0.3, -0.25) is 0 Å². The average molecular weight is 229 g/mol. The van der Waals surface area contributed by atoms with Gasteiger partial charge < -0.3 is 15.5 Å². The predicted molar refractivity (Wildman–Crippen MR) is 46.4 cm³/mol. The van der Waals surface area contributed by atoms with Gasteiger partial charge in [-0.25, -0.2) is 4.79 Å². The van der Waals surface area contributed by atoms with Crippen LogP contribution in [0.4, 0.5) is 13.2 Å². The summed E-state index contributed by atoms with van der Waals surface area (Å²) in [6, 6.07) is 0.336. The van der Waals surface area contributed by atoms with E-state index in [0.717, 1.165) is 13.0 Å². The summed E-state index contributed by atoms with van der Waals surface area (Å²) in [6.07, 6.45) is -3.97. The van der Waals surface area contributed by atoms with E-state index in [9.17, 15) is 18.3 Å². The molecule has 1 heterocycles. The van der Waals surface area contributed by atoms with Crippen LogP contribution in [0.2, 0.25) is 0 Å². The molecule has 1 saturated heterocycles. The Kier molecular flexibility index (Phi) is 4.54. The molecule has 1 aliphatic rings. The summed E-state index contributed by atoms with van der Waals surface area (Å²) >= 11 is 0. The fraction of sp³-hybridized carbons (Fsp3) is 0.875. The van der Waals surface area contributed by atoms with E-state index in [-0.39, 0.29) is 0 Å². The molecule has 0 aromatic rings. The van der Waals surface area contributed by atoms with E-state index < -0.39 is 17.7 Å². The Morgan fingerprint density at radius 2 is 1.73 bits per heavy atom. The molecule has 0 bridgehead atoms. The quantitative estimate of drug-likeness (QED) is 0.620. The molecule has 7 heteroatoms. The summed E-state index contributed by atoms with van der Waals surface area (Å²) in [5.41, 5.74) is -0.516. The smallest absolute Gasteiger partial charge is 0.475 e. The molecule has 0 spiro atoms. The van der Waals surface area contributed by atoms with Crippen LogP contribution >= 0.6 is 0 Å². The lowest BCUT2D eigenvalue weighted by Gasteiger charge is -2.37. The van der Waals surface area contributed by atoms with Gasteiger partial charge in [-0.15, -0.1) is 0 Å². The number of alkyl halides is 3. The van der Waals surface area contributed by atoms with E-state index >= 15 is 0 Å². The number of aliphatic hydroxyl groups is 1. The molecular weight excluding hydrogens is 215 g/mol. The van der Waals surface area contributed by atoms with Crippen LogP contribution < -0.4 is 5.32 Å². The van der Waals surface area contributed by atoms with Crippen molar-refractivity contribution in [1.82, 2.24) is 5.32 Å². The van der Waals surface area contributed by atoms with Gasteiger partial charge in [0.15, 0.2) is 0 Å². The second-order valence-electron chi connectivity index (χ2n) is 3.75. The van der Waals surface area contributed by atoms with Crippen molar-refractivity contribution in [3.63, 3.8) is 0 Å². The van der Waals surface area contributed by atoms with E-state index in [4.69, 9.17) is 9.90 Å². The highest BCUT2D eigenvalue weighted by Crippen LogP contribution is 2.16. The lowest BCUT2D eigenvalue weighted by atomic mass is 9.91. The first-order valence-electron chi connectivity index (χ1n) is 4.31. The maximum absolute atomic E-state index is 10.6. The van der Waals surface area contributed by atoms with Crippen LogP contribution in [0.25, 0.3) is 0 Å². The molecule has 1 unspecified atom stereocenters. The molecule has 0 aliphatic carbocycles. The monoisotopic (exact) mass is 229 g/mol. The van der Waals surface area contributed by atoms with Gasteiger partial charge in [0.1, 0.15) is 0 Å². The van der Waals surface area contributed by atoms with E-state index in [1.807, 2.05) is 13.8 Å². The van der Waals surface area contributed by atoms with Crippen LogP contribution in [0.3, 0.4) is 0 Å². The second-order valence-corrected chi connectivity index (χ2v) is 3.75. The van der Waals surface area contributed by atoms with Gasteiger partial charge in [-0.2, -0.15) is 13.2 Å². The number of hydrogen-bond donors (Lipinski definition) is 3. The number of carboxylic acids is 1. The summed E-state index contributed by atoms with van der Waals surface area (Å²) in [5, 5.41) is 19.5. The summed E-state index contributed by atoms with van der Waals surface area (Å²) in [6.45, 7) is 4.74. The fourth-order valence-electron chi connectivity index (χ4n) is 0.892. The molecular formula is C8H14F3NO3. The van der Waals surface area contributed by atoms with Crippen molar-refractivity contribution < 1.29 is 28.2 Å². The molecule has 15 heavy (non-hydrogen) atoms. The zero-order chi connectivity index (χ0) is 12.3. The van der Waals surface area contributed by atoms with Crippen molar-refractivity contribution in [3.05, 3.63) is 0 Å². The third kappa shape index (κ3) is 5.58. The van der Waals surface area contributed by atoms with E-state index in [1.54, 1.807) is 0 Å². The predicted octanol–water partition coefficient (Wildman–Crippen LogP) is 0.752. The van der Waals surface area contributed by atoms with Crippen molar-refractivity contribution in [2.75, 3.05) is 6.54 Å².